The highest BCUT2D eigenvalue weighted by Gasteiger charge is 2.25. The SMILES string of the molecule is CCNC(=NCc1cc(C(C)C)no1)NCC(C(C)C)N1CCN(C)CC1. The van der Waals surface area contributed by atoms with E-state index in [1.54, 1.807) is 0 Å². The van der Waals surface area contributed by atoms with E-state index < -0.39 is 0 Å². The summed E-state index contributed by atoms with van der Waals surface area (Å²) < 4.78 is 5.40. The Morgan fingerprint density at radius 2 is 1.89 bits per heavy atom. The van der Waals surface area contributed by atoms with Crippen molar-refractivity contribution in [2.75, 3.05) is 46.3 Å². The van der Waals surface area contributed by atoms with Crippen molar-refractivity contribution in [3.8, 4) is 0 Å². The van der Waals surface area contributed by atoms with Gasteiger partial charge in [0.05, 0.1) is 5.69 Å². The van der Waals surface area contributed by atoms with Crippen LogP contribution < -0.4 is 10.6 Å². The molecule has 1 saturated heterocycles. The Kier molecular flexibility index (Phi) is 8.57. The Morgan fingerprint density at radius 3 is 2.44 bits per heavy atom. The summed E-state index contributed by atoms with van der Waals surface area (Å²) in [6, 6.07) is 2.50. The fourth-order valence-electron chi connectivity index (χ4n) is 3.32. The molecule has 0 radical (unpaired) electrons. The molecule has 0 aliphatic carbocycles. The first kappa shape index (κ1) is 21.7. The van der Waals surface area contributed by atoms with Crippen LogP contribution in [0, 0.1) is 5.92 Å². The summed E-state index contributed by atoms with van der Waals surface area (Å²) in [7, 11) is 2.20. The van der Waals surface area contributed by atoms with E-state index in [0.29, 0.717) is 24.4 Å². The summed E-state index contributed by atoms with van der Waals surface area (Å²) in [6.45, 7) is 17.7. The minimum atomic E-state index is 0.369. The van der Waals surface area contributed by atoms with Gasteiger partial charge in [-0.05, 0) is 25.8 Å². The zero-order chi connectivity index (χ0) is 19.8. The van der Waals surface area contributed by atoms with Gasteiger partial charge in [-0.15, -0.1) is 0 Å². The topological polar surface area (TPSA) is 68.9 Å². The third-order valence-electron chi connectivity index (χ3n) is 5.16. The lowest BCUT2D eigenvalue weighted by Crippen LogP contribution is -2.55. The summed E-state index contributed by atoms with van der Waals surface area (Å²) in [6.07, 6.45) is 0. The molecular weight excluding hydrogens is 340 g/mol. The Hall–Kier alpha value is -1.60. The van der Waals surface area contributed by atoms with Gasteiger partial charge >= 0.3 is 0 Å². The molecule has 27 heavy (non-hydrogen) atoms. The van der Waals surface area contributed by atoms with Gasteiger partial charge in [-0.1, -0.05) is 32.9 Å². The van der Waals surface area contributed by atoms with E-state index in [-0.39, 0.29) is 0 Å². The van der Waals surface area contributed by atoms with E-state index in [1.807, 2.05) is 6.07 Å². The molecule has 1 aliphatic heterocycles. The monoisotopic (exact) mass is 378 g/mol. The second kappa shape index (κ2) is 10.7. The Bertz CT molecular complexity index is 575. The Balaban J connectivity index is 1.94. The van der Waals surface area contributed by atoms with E-state index in [9.17, 15) is 0 Å². The van der Waals surface area contributed by atoms with Crippen molar-refractivity contribution in [3.05, 3.63) is 17.5 Å². The van der Waals surface area contributed by atoms with Crippen LogP contribution in [0.25, 0.3) is 0 Å². The molecule has 7 nitrogen and oxygen atoms in total. The van der Waals surface area contributed by atoms with Crippen molar-refractivity contribution >= 4 is 5.96 Å². The maximum Gasteiger partial charge on any atom is 0.191 e. The second-order valence-electron chi connectivity index (χ2n) is 8.10. The molecule has 2 heterocycles. The molecule has 0 aromatic carbocycles. The maximum absolute atomic E-state index is 5.40. The fraction of sp³-hybridized carbons (Fsp3) is 0.800. The van der Waals surface area contributed by atoms with Gasteiger partial charge in [-0.3, -0.25) is 4.90 Å². The van der Waals surface area contributed by atoms with Crippen molar-refractivity contribution in [2.24, 2.45) is 10.9 Å². The number of aromatic nitrogens is 1. The summed E-state index contributed by atoms with van der Waals surface area (Å²) in [5, 5.41) is 11.0. The van der Waals surface area contributed by atoms with Crippen LogP contribution >= 0.6 is 0 Å². The first-order valence-corrected chi connectivity index (χ1v) is 10.3. The van der Waals surface area contributed by atoms with Gasteiger partial charge in [0.2, 0.25) is 0 Å². The summed E-state index contributed by atoms with van der Waals surface area (Å²) >= 11 is 0. The minimum absolute atomic E-state index is 0.369. The zero-order valence-electron chi connectivity index (χ0n) is 18.0. The van der Waals surface area contributed by atoms with E-state index in [2.05, 4.69) is 72.2 Å². The number of hydrogen-bond acceptors (Lipinski definition) is 5. The third kappa shape index (κ3) is 6.81. The number of hydrogen-bond donors (Lipinski definition) is 2. The van der Waals surface area contributed by atoms with Gasteiger partial charge in [-0.25, -0.2) is 4.99 Å². The molecule has 1 atom stereocenters. The third-order valence-corrected chi connectivity index (χ3v) is 5.16. The second-order valence-corrected chi connectivity index (χ2v) is 8.10. The molecule has 0 bridgehead atoms. The number of aliphatic imine (C=N–C) groups is 1. The number of nitrogens with one attached hydrogen (secondary N) is 2. The predicted molar refractivity (Wildman–Crippen MR) is 111 cm³/mol. The quantitative estimate of drug-likeness (QED) is 0.533. The van der Waals surface area contributed by atoms with Gasteiger partial charge in [0.15, 0.2) is 11.7 Å². The average Bonchev–Trinajstić information content (AvgIpc) is 3.10. The van der Waals surface area contributed by atoms with Gasteiger partial charge in [0.25, 0.3) is 0 Å². The van der Waals surface area contributed by atoms with E-state index in [1.165, 1.54) is 0 Å². The number of piperazine rings is 1. The molecule has 1 fully saturated rings. The van der Waals surface area contributed by atoms with Crippen LogP contribution in [-0.2, 0) is 6.54 Å². The van der Waals surface area contributed by atoms with Crippen LogP contribution in [0.3, 0.4) is 0 Å². The predicted octanol–water partition coefficient (Wildman–Crippen LogP) is 2.13. The highest BCUT2D eigenvalue weighted by molar-refractivity contribution is 5.79. The van der Waals surface area contributed by atoms with Crippen LogP contribution in [-0.4, -0.2) is 73.3 Å². The lowest BCUT2D eigenvalue weighted by molar-refractivity contribution is 0.0900. The molecule has 1 unspecified atom stereocenters. The van der Waals surface area contributed by atoms with Gasteiger partial charge in [0, 0.05) is 51.4 Å². The van der Waals surface area contributed by atoms with Crippen LogP contribution in [0.4, 0.5) is 0 Å². The maximum atomic E-state index is 5.40. The number of likely N-dealkylation sites (N-methyl/N-ethyl adjacent to an activating group) is 1. The lowest BCUT2D eigenvalue weighted by Gasteiger charge is -2.40. The first-order chi connectivity index (χ1) is 12.9. The standard InChI is InChI=1S/C20H38N6O/c1-7-21-20(22-13-17-12-18(15(2)3)24-27-17)23-14-19(16(4)5)26-10-8-25(6)9-11-26/h12,15-16,19H,7-11,13-14H2,1-6H3,(H2,21,22,23). The number of rotatable bonds is 8. The van der Waals surface area contributed by atoms with Crippen LogP contribution in [0.2, 0.25) is 0 Å². The first-order valence-electron chi connectivity index (χ1n) is 10.3. The van der Waals surface area contributed by atoms with E-state index in [4.69, 9.17) is 4.52 Å². The largest absolute Gasteiger partial charge is 0.359 e. The Morgan fingerprint density at radius 1 is 1.19 bits per heavy atom. The highest BCUT2D eigenvalue weighted by Crippen LogP contribution is 2.15. The number of guanidine groups is 1. The highest BCUT2D eigenvalue weighted by atomic mass is 16.5. The molecule has 2 rings (SSSR count). The van der Waals surface area contributed by atoms with Gasteiger partial charge in [0.1, 0.15) is 6.54 Å². The minimum Gasteiger partial charge on any atom is -0.359 e. The molecular formula is C20H38N6O. The smallest absolute Gasteiger partial charge is 0.191 e. The average molecular weight is 379 g/mol. The van der Waals surface area contributed by atoms with Crippen molar-refractivity contribution in [1.29, 1.82) is 0 Å². The zero-order valence-corrected chi connectivity index (χ0v) is 18.0. The molecule has 0 spiro atoms. The van der Waals surface area contributed by atoms with Crippen molar-refractivity contribution < 1.29 is 4.52 Å². The van der Waals surface area contributed by atoms with Crippen LogP contribution in [0.5, 0.6) is 0 Å². The molecule has 2 N–H and O–H groups in total. The van der Waals surface area contributed by atoms with Crippen molar-refractivity contribution in [2.45, 2.75) is 53.1 Å². The molecule has 7 heteroatoms. The van der Waals surface area contributed by atoms with Crippen molar-refractivity contribution in [1.82, 2.24) is 25.6 Å². The van der Waals surface area contributed by atoms with E-state index >= 15 is 0 Å². The molecule has 154 valence electrons. The number of nitrogens with zero attached hydrogens (tertiary/aromatic N) is 4. The Labute approximate surface area is 164 Å². The molecule has 0 saturated carbocycles. The molecule has 1 aliphatic rings. The summed E-state index contributed by atoms with van der Waals surface area (Å²) in [5.41, 5.74) is 0.980. The van der Waals surface area contributed by atoms with E-state index in [0.717, 1.165) is 56.7 Å². The van der Waals surface area contributed by atoms with Crippen LogP contribution in [0.15, 0.2) is 15.6 Å². The van der Waals surface area contributed by atoms with Crippen LogP contribution in [0.1, 0.15) is 52.0 Å². The fourth-order valence-corrected chi connectivity index (χ4v) is 3.32. The molecule has 1 aromatic rings. The van der Waals surface area contributed by atoms with Crippen molar-refractivity contribution in [3.63, 3.8) is 0 Å². The summed E-state index contributed by atoms with van der Waals surface area (Å²) in [4.78, 5) is 9.68. The summed E-state index contributed by atoms with van der Waals surface area (Å²) in [5.74, 6) is 2.59. The van der Waals surface area contributed by atoms with Gasteiger partial charge in [-0.2, -0.15) is 0 Å². The normalized spacial score (nSPS) is 18.3. The van der Waals surface area contributed by atoms with Gasteiger partial charge < -0.3 is 20.1 Å². The lowest BCUT2D eigenvalue weighted by atomic mass is 10.0. The molecule has 0 amide bonds. The molecule has 1 aromatic heterocycles.